The second kappa shape index (κ2) is 8.78. The summed E-state index contributed by atoms with van der Waals surface area (Å²) >= 11 is 4.79. The van der Waals surface area contributed by atoms with Crippen LogP contribution in [0.25, 0.3) is 11.4 Å². The first kappa shape index (κ1) is 19.6. The molecule has 1 aliphatic rings. The molecule has 0 aliphatic carbocycles. The Morgan fingerprint density at radius 3 is 2.66 bits per heavy atom. The Morgan fingerprint density at radius 2 is 1.93 bits per heavy atom. The number of anilines is 1. The highest BCUT2D eigenvalue weighted by atomic mass is 79.9. The highest BCUT2D eigenvalue weighted by Crippen LogP contribution is 2.28. The Morgan fingerprint density at radius 1 is 1.14 bits per heavy atom. The van der Waals surface area contributed by atoms with Gasteiger partial charge in [-0.15, -0.1) is 10.2 Å². The maximum atomic E-state index is 12.6. The van der Waals surface area contributed by atoms with Crippen molar-refractivity contribution in [1.29, 1.82) is 0 Å². The van der Waals surface area contributed by atoms with Gasteiger partial charge in [0.25, 0.3) is 0 Å². The Balaban J connectivity index is 1.33. The summed E-state index contributed by atoms with van der Waals surface area (Å²) in [5, 5.41) is 8.81. The largest absolute Gasteiger partial charge is 0.352 e. The first-order chi connectivity index (χ1) is 14.1. The van der Waals surface area contributed by atoms with Gasteiger partial charge in [0.05, 0.1) is 11.9 Å². The van der Waals surface area contributed by atoms with Crippen molar-refractivity contribution >= 4 is 39.4 Å². The van der Waals surface area contributed by atoms with Crippen LogP contribution in [0.1, 0.15) is 0 Å². The van der Waals surface area contributed by atoms with Gasteiger partial charge >= 0.3 is 0 Å². The lowest BCUT2D eigenvalue weighted by Crippen LogP contribution is -2.49. The Hall–Kier alpha value is -2.66. The predicted molar refractivity (Wildman–Crippen MR) is 115 cm³/mol. The molecule has 1 aliphatic heterocycles. The fourth-order valence-corrected chi connectivity index (χ4v) is 4.28. The number of carbonyl (C=O) groups is 1. The minimum Gasteiger partial charge on any atom is -0.352 e. The molecule has 9 nitrogen and oxygen atoms in total. The Kier molecular flexibility index (Phi) is 5.95. The molecule has 2 N–H and O–H groups in total. The summed E-state index contributed by atoms with van der Waals surface area (Å²) in [5.41, 5.74) is 0.848. The number of hydrogen-bond acceptors (Lipinski definition) is 8. The molecule has 0 bridgehead atoms. The number of aromatic nitrogens is 5. The first-order valence-corrected chi connectivity index (χ1v) is 10.8. The fourth-order valence-electron chi connectivity index (χ4n) is 3.06. The molecule has 3 aromatic rings. The number of hydrogen-bond donors (Lipinski definition) is 1. The van der Waals surface area contributed by atoms with Gasteiger partial charge in [-0.05, 0) is 12.1 Å². The van der Waals surface area contributed by atoms with Crippen LogP contribution in [0.15, 0.2) is 52.5 Å². The summed E-state index contributed by atoms with van der Waals surface area (Å²) in [6, 6.07) is 7.66. The quantitative estimate of drug-likeness (QED) is 0.439. The molecule has 4 rings (SSSR count). The highest BCUT2D eigenvalue weighted by Gasteiger charge is 2.23. The summed E-state index contributed by atoms with van der Waals surface area (Å²) in [4.78, 5) is 25.0. The van der Waals surface area contributed by atoms with Crippen LogP contribution in [-0.4, -0.2) is 67.6 Å². The molecule has 29 heavy (non-hydrogen) atoms. The number of nitrogen functional groups attached to an aromatic ring is 1. The van der Waals surface area contributed by atoms with Crippen molar-refractivity contribution in [3.63, 3.8) is 0 Å². The molecule has 150 valence electrons. The van der Waals surface area contributed by atoms with Gasteiger partial charge in [0, 0.05) is 48.6 Å². The summed E-state index contributed by atoms with van der Waals surface area (Å²) in [6.45, 7) is 2.75. The van der Waals surface area contributed by atoms with Gasteiger partial charge in [-0.25, -0.2) is 9.66 Å². The third-order valence-corrected chi connectivity index (χ3v) is 6.23. The van der Waals surface area contributed by atoms with Gasteiger partial charge < -0.3 is 15.6 Å². The Labute approximate surface area is 180 Å². The van der Waals surface area contributed by atoms with Crippen molar-refractivity contribution in [3.05, 3.63) is 47.3 Å². The van der Waals surface area contributed by atoms with E-state index in [1.807, 2.05) is 29.2 Å². The molecule has 0 saturated carbocycles. The zero-order valence-electron chi connectivity index (χ0n) is 15.5. The third-order valence-electron chi connectivity index (χ3n) is 4.61. The number of carbonyl (C=O) groups excluding carboxylic acids is 1. The van der Waals surface area contributed by atoms with Crippen molar-refractivity contribution in [2.75, 3.05) is 42.7 Å². The lowest BCUT2D eigenvalue weighted by atomic mass is 10.2. The van der Waals surface area contributed by atoms with E-state index in [1.165, 1.54) is 16.4 Å². The fraction of sp³-hybridized carbons (Fsp3) is 0.278. The van der Waals surface area contributed by atoms with E-state index in [4.69, 9.17) is 5.84 Å². The standard InChI is InChI=1S/C18H19BrN8OS/c19-14-4-2-1-3-13(14)17-23-24-18(27(17)20)29-12-16(28)26-9-7-25(8-10-26)15-11-21-5-6-22-15/h1-6,11H,7-10,12,20H2. The minimum absolute atomic E-state index is 0.0548. The molecule has 1 fully saturated rings. The molecular formula is C18H19BrN8OS. The molecule has 1 aromatic carbocycles. The molecule has 0 unspecified atom stereocenters. The number of rotatable bonds is 5. The van der Waals surface area contributed by atoms with Gasteiger partial charge in [0.2, 0.25) is 11.1 Å². The molecule has 3 heterocycles. The van der Waals surface area contributed by atoms with Crippen molar-refractivity contribution in [2.24, 2.45) is 0 Å². The average Bonchev–Trinajstić information content (AvgIpc) is 3.13. The number of amides is 1. The van der Waals surface area contributed by atoms with E-state index in [-0.39, 0.29) is 11.7 Å². The highest BCUT2D eigenvalue weighted by molar-refractivity contribution is 9.10. The second-order valence-corrected chi connectivity index (χ2v) is 8.17. The van der Waals surface area contributed by atoms with E-state index >= 15 is 0 Å². The van der Waals surface area contributed by atoms with Gasteiger partial charge in [0.1, 0.15) is 5.82 Å². The van der Waals surface area contributed by atoms with E-state index in [2.05, 4.69) is 41.0 Å². The lowest BCUT2D eigenvalue weighted by molar-refractivity contribution is -0.128. The molecular weight excluding hydrogens is 456 g/mol. The van der Waals surface area contributed by atoms with E-state index < -0.39 is 0 Å². The molecule has 1 saturated heterocycles. The van der Waals surface area contributed by atoms with Crippen LogP contribution in [0, 0.1) is 0 Å². The van der Waals surface area contributed by atoms with Crippen molar-refractivity contribution in [2.45, 2.75) is 5.16 Å². The number of thioether (sulfide) groups is 1. The smallest absolute Gasteiger partial charge is 0.233 e. The predicted octanol–water partition coefficient (Wildman–Crippen LogP) is 1.65. The summed E-state index contributed by atoms with van der Waals surface area (Å²) in [7, 11) is 0. The number of halogens is 1. The lowest BCUT2D eigenvalue weighted by Gasteiger charge is -2.35. The van der Waals surface area contributed by atoms with E-state index in [1.54, 1.807) is 18.6 Å². The summed E-state index contributed by atoms with van der Waals surface area (Å²) in [5.74, 6) is 7.86. The monoisotopic (exact) mass is 474 g/mol. The zero-order chi connectivity index (χ0) is 20.2. The van der Waals surface area contributed by atoms with E-state index in [9.17, 15) is 4.79 Å². The number of piperazine rings is 1. The SMILES string of the molecule is Nn1c(SCC(=O)N2CCN(c3cnccn3)CC2)nnc1-c1ccccc1Br. The van der Waals surface area contributed by atoms with Crippen LogP contribution >= 0.6 is 27.7 Å². The van der Waals surface area contributed by atoms with Crippen molar-refractivity contribution in [3.8, 4) is 11.4 Å². The van der Waals surface area contributed by atoms with Gasteiger partial charge in [-0.2, -0.15) is 0 Å². The van der Waals surface area contributed by atoms with Gasteiger partial charge in [-0.1, -0.05) is 39.8 Å². The first-order valence-electron chi connectivity index (χ1n) is 9.00. The van der Waals surface area contributed by atoms with Crippen LogP contribution in [-0.2, 0) is 4.79 Å². The molecule has 0 spiro atoms. The zero-order valence-corrected chi connectivity index (χ0v) is 17.9. The second-order valence-electron chi connectivity index (χ2n) is 6.38. The summed E-state index contributed by atoms with van der Waals surface area (Å²) in [6.07, 6.45) is 5.07. The topological polar surface area (TPSA) is 106 Å². The minimum atomic E-state index is 0.0548. The third kappa shape index (κ3) is 4.35. The van der Waals surface area contributed by atoms with Crippen LogP contribution in [0.2, 0.25) is 0 Å². The number of benzene rings is 1. The van der Waals surface area contributed by atoms with Crippen molar-refractivity contribution < 1.29 is 4.79 Å². The maximum Gasteiger partial charge on any atom is 0.233 e. The van der Waals surface area contributed by atoms with Crippen molar-refractivity contribution in [1.82, 2.24) is 29.7 Å². The summed E-state index contributed by atoms with van der Waals surface area (Å²) < 4.78 is 2.30. The number of nitrogens with zero attached hydrogens (tertiary/aromatic N) is 7. The number of nitrogens with two attached hydrogens (primary N) is 1. The maximum absolute atomic E-state index is 12.6. The molecule has 2 aromatic heterocycles. The van der Waals surface area contributed by atoms with E-state index in [0.717, 1.165) is 28.9 Å². The normalized spacial score (nSPS) is 14.2. The Bertz CT molecular complexity index is 991. The van der Waals surface area contributed by atoms with Gasteiger partial charge in [0.15, 0.2) is 5.82 Å². The molecule has 1 amide bonds. The van der Waals surface area contributed by atoms with Crippen LogP contribution in [0.4, 0.5) is 5.82 Å². The molecule has 0 radical (unpaired) electrons. The molecule has 0 atom stereocenters. The van der Waals surface area contributed by atoms with E-state index in [0.29, 0.717) is 24.1 Å². The van der Waals surface area contributed by atoms with Gasteiger partial charge in [-0.3, -0.25) is 9.78 Å². The average molecular weight is 475 g/mol. The van der Waals surface area contributed by atoms with Crippen LogP contribution < -0.4 is 10.7 Å². The van der Waals surface area contributed by atoms with Crippen LogP contribution in [0.3, 0.4) is 0 Å². The molecule has 11 heteroatoms. The van der Waals surface area contributed by atoms with Crippen LogP contribution in [0.5, 0.6) is 0 Å².